The average molecular weight is 408 g/mol. The number of hydrogen-bond acceptors (Lipinski definition) is 4. The average Bonchev–Trinajstić information content (AvgIpc) is 2.49. The molecule has 1 atom stereocenters. The number of allylic oxidation sites excluding steroid dienone is 2. The van der Waals surface area contributed by atoms with Crippen LogP contribution in [-0.4, -0.2) is 18.9 Å². The highest BCUT2D eigenvalue weighted by atomic mass is 127. The molecule has 0 fully saturated rings. The van der Waals surface area contributed by atoms with Gasteiger partial charge < -0.3 is 15.2 Å². The van der Waals surface area contributed by atoms with E-state index >= 15 is 0 Å². The predicted molar refractivity (Wildman–Crippen MR) is 97.0 cm³/mol. The summed E-state index contributed by atoms with van der Waals surface area (Å²) in [6, 6.07) is 5.61. The van der Waals surface area contributed by atoms with E-state index in [0.29, 0.717) is 0 Å². The quantitative estimate of drug-likeness (QED) is 0.611. The Morgan fingerprint density at radius 2 is 2.18 bits per heavy atom. The van der Waals surface area contributed by atoms with Crippen molar-refractivity contribution >= 4 is 34.5 Å². The molecule has 0 radical (unpaired) electrons. The summed E-state index contributed by atoms with van der Waals surface area (Å²) in [6.07, 6.45) is 8.53. The van der Waals surface area contributed by atoms with Crippen molar-refractivity contribution in [1.82, 2.24) is 0 Å². The Morgan fingerprint density at radius 1 is 1.36 bits per heavy atom. The lowest BCUT2D eigenvalue weighted by molar-refractivity contribution is 0.296. The van der Waals surface area contributed by atoms with Gasteiger partial charge in [0.2, 0.25) is 0 Å². The number of nitrogens with two attached hydrogens (primary N) is 1. The van der Waals surface area contributed by atoms with E-state index in [-0.39, 0.29) is 5.54 Å². The van der Waals surface area contributed by atoms with Gasteiger partial charge in [0.1, 0.15) is 17.3 Å². The zero-order chi connectivity index (χ0) is 15.7. The van der Waals surface area contributed by atoms with Crippen LogP contribution in [0.4, 0.5) is 5.69 Å². The molecule has 0 spiro atoms. The van der Waals surface area contributed by atoms with Gasteiger partial charge in [0.15, 0.2) is 0 Å². The first-order chi connectivity index (χ1) is 10.5. The molecule has 5 heteroatoms. The number of anilines is 1. The van der Waals surface area contributed by atoms with E-state index in [0.717, 1.165) is 38.5 Å². The lowest BCUT2D eigenvalue weighted by Gasteiger charge is -2.33. The molecular weight excluding hydrogens is 391 g/mol. The van der Waals surface area contributed by atoms with Crippen molar-refractivity contribution in [2.24, 2.45) is 4.99 Å². The fourth-order valence-electron chi connectivity index (χ4n) is 2.53. The summed E-state index contributed by atoms with van der Waals surface area (Å²) < 4.78 is 12.5. The topological polar surface area (TPSA) is 56.8 Å². The Balaban J connectivity index is 1.96. The lowest BCUT2D eigenvalue weighted by Crippen LogP contribution is -2.31. The van der Waals surface area contributed by atoms with Crippen molar-refractivity contribution in [3.8, 4) is 5.75 Å². The normalized spacial score (nSPS) is 23.1. The van der Waals surface area contributed by atoms with Crippen LogP contribution in [0, 0.1) is 3.57 Å². The van der Waals surface area contributed by atoms with Gasteiger partial charge in [0, 0.05) is 17.5 Å². The summed E-state index contributed by atoms with van der Waals surface area (Å²) in [4.78, 5) is 4.61. The highest BCUT2D eigenvalue weighted by Crippen LogP contribution is 2.39. The first-order valence-corrected chi connectivity index (χ1v) is 8.05. The molecule has 4 nitrogen and oxygen atoms in total. The summed E-state index contributed by atoms with van der Waals surface area (Å²) in [5.41, 5.74) is 7.25. The van der Waals surface area contributed by atoms with Crippen LogP contribution in [0.2, 0.25) is 0 Å². The van der Waals surface area contributed by atoms with Crippen molar-refractivity contribution in [3.05, 3.63) is 57.1 Å². The van der Waals surface area contributed by atoms with Crippen molar-refractivity contribution < 1.29 is 9.47 Å². The van der Waals surface area contributed by atoms with Crippen LogP contribution in [0.5, 0.6) is 5.75 Å². The fraction of sp³-hybridized carbons (Fsp3) is 0.235. The second-order valence-electron chi connectivity index (χ2n) is 5.45. The maximum atomic E-state index is 6.12. The zero-order valence-electron chi connectivity index (χ0n) is 12.5. The number of fused-ring (bicyclic) bond motifs is 1. The Bertz CT molecular complexity index is 734. The van der Waals surface area contributed by atoms with Gasteiger partial charge in [-0.3, -0.25) is 4.99 Å². The van der Waals surface area contributed by atoms with Crippen LogP contribution in [0.1, 0.15) is 13.3 Å². The number of aliphatic imine (C=N–C) groups is 1. The van der Waals surface area contributed by atoms with Gasteiger partial charge in [-0.1, -0.05) is 0 Å². The molecule has 0 aromatic heterocycles. The van der Waals surface area contributed by atoms with E-state index in [1.165, 1.54) is 0 Å². The maximum absolute atomic E-state index is 6.12. The van der Waals surface area contributed by atoms with Crippen molar-refractivity contribution in [2.45, 2.75) is 18.9 Å². The predicted octanol–water partition coefficient (Wildman–Crippen LogP) is 3.84. The van der Waals surface area contributed by atoms with E-state index in [1.807, 2.05) is 36.6 Å². The maximum Gasteiger partial charge on any atom is 0.140 e. The Labute approximate surface area is 143 Å². The van der Waals surface area contributed by atoms with Crippen LogP contribution in [-0.2, 0) is 4.74 Å². The highest BCUT2D eigenvalue weighted by molar-refractivity contribution is 14.1. The van der Waals surface area contributed by atoms with Gasteiger partial charge in [-0.15, -0.1) is 0 Å². The molecule has 1 aromatic carbocycles. The Hall–Kier alpha value is -1.76. The molecule has 1 heterocycles. The minimum atomic E-state index is -0.300. The van der Waals surface area contributed by atoms with Gasteiger partial charge >= 0.3 is 0 Å². The number of rotatable bonds is 3. The Kier molecular flexibility index (Phi) is 3.99. The Morgan fingerprint density at radius 3 is 2.91 bits per heavy atom. The summed E-state index contributed by atoms with van der Waals surface area (Å²) in [7, 11) is 1.67. The number of nitrogens with zero attached hydrogens (tertiary/aromatic N) is 1. The van der Waals surface area contributed by atoms with Gasteiger partial charge in [-0.05, 0) is 72.4 Å². The molecule has 0 bridgehead atoms. The number of dihydropyridines is 1. The van der Waals surface area contributed by atoms with Gasteiger partial charge in [-0.2, -0.15) is 0 Å². The number of halogens is 1. The minimum absolute atomic E-state index is 0.300. The van der Waals surface area contributed by atoms with E-state index in [1.54, 1.807) is 7.11 Å². The number of methoxy groups -OCH3 is 1. The number of ether oxygens (including phenoxy) is 2. The zero-order valence-corrected chi connectivity index (χ0v) is 14.6. The van der Waals surface area contributed by atoms with Crippen molar-refractivity contribution in [1.29, 1.82) is 0 Å². The summed E-state index contributed by atoms with van der Waals surface area (Å²) in [5.74, 6) is 2.42. The number of benzene rings is 1. The van der Waals surface area contributed by atoms with Crippen LogP contribution in [0.25, 0.3) is 0 Å². The number of nitrogen functional groups attached to an aromatic ring is 1. The number of hydrogen-bond donors (Lipinski definition) is 1. The molecular formula is C17H17IN2O2. The molecule has 1 aliphatic heterocycles. The van der Waals surface area contributed by atoms with Crippen LogP contribution in [0.15, 0.2) is 58.5 Å². The summed E-state index contributed by atoms with van der Waals surface area (Å²) >= 11 is 2.22. The molecule has 0 saturated heterocycles. The molecule has 3 rings (SSSR count). The summed E-state index contributed by atoms with van der Waals surface area (Å²) in [6.45, 7) is 2.10. The largest absolute Gasteiger partial charge is 0.497 e. The lowest BCUT2D eigenvalue weighted by atomic mass is 9.82. The molecule has 0 amide bonds. The molecule has 2 aliphatic rings. The van der Waals surface area contributed by atoms with Gasteiger partial charge in [0.05, 0.1) is 16.2 Å². The fourth-order valence-corrected chi connectivity index (χ4v) is 3.18. The molecule has 1 unspecified atom stereocenters. The van der Waals surface area contributed by atoms with E-state index in [2.05, 4.69) is 40.6 Å². The smallest absolute Gasteiger partial charge is 0.140 e. The molecule has 0 saturated carbocycles. The summed E-state index contributed by atoms with van der Waals surface area (Å²) in [5, 5.41) is 0. The van der Waals surface area contributed by atoms with Crippen LogP contribution >= 0.6 is 22.6 Å². The molecule has 114 valence electrons. The third-order valence-electron chi connectivity index (χ3n) is 3.83. The first-order valence-electron chi connectivity index (χ1n) is 6.97. The monoisotopic (exact) mass is 408 g/mol. The van der Waals surface area contributed by atoms with Crippen molar-refractivity contribution in [2.75, 3.05) is 12.8 Å². The van der Waals surface area contributed by atoms with Gasteiger partial charge in [0.25, 0.3) is 0 Å². The third kappa shape index (κ3) is 2.77. The molecule has 22 heavy (non-hydrogen) atoms. The van der Waals surface area contributed by atoms with Gasteiger partial charge in [-0.25, -0.2) is 0 Å². The first kappa shape index (κ1) is 15.1. The molecule has 1 aromatic rings. The van der Waals surface area contributed by atoms with Crippen LogP contribution < -0.4 is 10.5 Å². The minimum Gasteiger partial charge on any atom is -0.497 e. The van der Waals surface area contributed by atoms with Crippen LogP contribution in [0.3, 0.4) is 0 Å². The second kappa shape index (κ2) is 5.79. The SMILES string of the molecule is COC1=CCC2(C)N=CC=C(Oc3ccc(N)cc3I)C2=C1. The second-order valence-corrected chi connectivity index (χ2v) is 6.61. The van der Waals surface area contributed by atoms with Crippen molar-refractivity contribution in [3.63, 3.8) is 0 Å². The van der Waals surface area contributed by atoms with E-state index in [4.69, 9.17) is 15.2 Å². The van der Waals surface area contributed by atoms with E-state index < -0.39 is 0 Å². The van der Waals surface area contributed by atoms with E-state index in [9.17, 15) is 0 Å². The third-order valence-corrected chi connectivity index (χ3v) is 4.67. The molecule has 1 aliphatic carbocycles. The highest BCUT2D eigenvalue weighted by Gasteiger charge is 2.35. The molecule has 2 N–H and O–H groups in total. The standard InChI is InChI=1S/C17H17IN2O2/c1-17-7-5-12(21-2)10-13(17)15(6-8-20-17)22-16-4-3-11(19)9-14(16)18/h3-6,8-10H,7,19H2,1-2H3.